The van der Waals surface area contributed by atoms with Crippen LogP contribution in [0.2, 0.25) is 0 Å². The zero-order valence-electron chi connectivity index (χ0n) is 12.8. The van der Waals surface area contributed by atoms with Crippen LogP contribution in [0.5, 0.6) is 0 Å². The smallest absolute Gasteiger partial charge is 0.104 e. The van der Waals surface area contributed by atoms with Gasteiger partial charge in [0.15, 0.2) is 0 Å². The molecule has 0 unspecified atom stereocenters. The first-order valence-corrected chi connectivity index (χ1v) is 7.53. The van der Waals surface area contributed by atoms with E-state index in [1.165, 1.54) is 5.69 Å². The lowest BCUT2D eigenvalue weighted by Gasteiger charge is -2.10. The molecule has 3 N–H and O–H groups in total. The summed E-state index contributed by atoms with van der Waals surface area (Å²) in [5.74, 6) is 0. The summed E-state index contributed by atoms with van der Waals surface area (Å²) < 4.78 is 2.05. The second-order valence-electron chi connectivity index (χ2n) is 5.32. The molecule has 1 aromatic carbocycles. The Bertz CT molecular complexity index is 646. The number of nitrogens with one attached hydrogen (secondary N) is 1. The zero-order valence-corrected chi connectivity index (χ0v) is 13.6. The van der Waals surface area contributed by atoms with Gasteiger partial charge in [0.1, 0.15) is 4.99 Å². The second-order valence-corrected chi connectivity index (χ2v) is 5.76. The molecule has 0 bridgehead atoms. The molecule has 0 atom stereocenters. The fraction of sp³-hybridized carbons (Fsp3) is 0.375. The number of nitrogens with two attached hydrogens (primary N) is 1. The van der Waals surface area contributed by atoms with Crippen LogP contribution in [0.1, 0.15) is 28.9 Å². The van der Waals surface area contributed by atoms with Crippen molar-refractivity contribution in [2.75, 3.05) is 11.9 Å². The van der Waals surface area contributed by atoms with Gasteiger partial charge in [-0.3, -0.25) is 4.68 Å². The third kappa shape index (κ3) is 4.04. The number of rotatable bonds is 6. The van der Waals surface area contributed by atoms with E-state index < -0.39 is 0 Å². The Hall–Kier alpha value is -1.88. The van der Waals surface area contributed by atoms with E-state index in [0.717, 1.165) is 42.0 Å². The number of thiocarbonyl (C=S) groups is 1. The molecule has 0 fully saturated rings. The van der Waals surface area contributed by atoms with Crippen LogP contribution in [0.15, 0.2) is 24.3 Å². The van der Waals surface area contributed by atoms with Crippen LogP contribution in [-0.2, 0) is 6.54 Å². The average molecular weight is 302 g/mol. The molecule has 1 heterocycles. The van der Waals surface area contributed by atoms with Crippen molar-refractivity contribution in [2.45, 2.75) is 33.7 Å². The van der Waals surface area contributed by atoms with E-state index in [1.54, 1.807) is 0 Å². The predicted octanol–water partition coefficient (Wildman–Crippen LogP) is 2.94. The highest BCUT2D eigenvalue weighted by Gasteiger charge is 2.03. The van der Waals surface area contributed by atoms with Gasteiger partial charge in [0.25, 0.3) is 0 Å². The van der Waals surface area contributed by atoms with Gasteiger partial charge in [-0.15, -0.1) is 0 Å². The SMILES string of the molecule is Cc1cc(C)n(CCCNc2ccc(C(N)=S)c(C)c2)n1. The summed E-state index contributed by atoms with van der Waals surface area (Å²) in [7, 11) is 0. The lowest BCUT2D eigenvalue weighted by molar-refractivity contribution is 0.574. The molecule has 0 aliphatic heterocycles. The van der Waals surface area contributed by atoms with E-state index in [1.807, 2.05) is 26.0 Å². The maximum Gasteiger partial charge on any atom is 0.104 e. The van der Waals surface area contributed by atoms with Crippen LogP contribution >= 0.6 is 12.2 Å². The standard InChI is InChI=1S/C16H22N4S/c1-11-9-14(5-6-15(11)16(17)21)18-7-4-8-20-13(3)10-12(2)19-20/h5-6,9-10,18H,4,7-8H2,1-3H3,(H2,17,21). The maximum atomic E-state index is 5.67. The minimum Gasteiger partial charge on any atom is -0.389 e. The number of aromatic nitrogens is 2. The first kappa shape index (κ1) is 15.5. The van der Waals surface area contributed by atoms with Crippen molar-refractivity contribution in [2.24, 2.45) is 5.73 Å². The highest BCUT2D eigenvalue weighted by Crippen LogP contribution is 2.15. The van der Waals surface area contributed by atoms with Crippen molar-refractivity contribution in [1.29, 1.82) is 0 Å². The van der Waals surface area contributed by atoms with Gasteiger partial charge >= 0.3 is 0 Å². The molecule has 0 spiro atoms. The number of benzene rings is 1. The molecule has 112 valence electrons. The first-order valence-electron chi connectivity index (χ1n) is 7.13. The number of nitrogens with zero attached hydrogens (tertiary/aromatic N) is 2. The van der Waals surface area contributed by atoms with Gasteiger partial charge in [-0.05, 0) is 57.0 Å². The first-order chi connectivity index (χ1) is 9.97. The van der Waals surface area contributed by atoms with Crippen molar-refractivity contribution in [3.63, 3.8) is 0 Å². The summed E-state index contributed by atoms with van der Waals surface area (Å²) in [4.78, 5) is 0.448. The van der Waals surface area contributed by atoms with E-state index in [0.29, 0.717) is 4.99 Å². The van der Waals surface area contributed by atoms with Crippen molar-refractivity contribution in [1.82, 2.24) is 9.78 Å². The fourth-order valence-electron chi connectivity index (χ4n) is 2.41. The van der Waals surface area contributed by atoms with E-state index in [2.05, 4.69) is 34.2 Å². The minimum absolute atomic E-state index is 0.448. The van der Waals surface area contributed by atoms with Crippen LogP contribution in [-0.4, -0.2) is 21.3 Å². The van der Waals surface area contributed by atoms with Crippen LogP contribution in [0, 0.1) is 20.8 Å². The van der Waals surface area contributed by atoms with Crippen LogP contribution in [0.3, 0.4) is 0 Å². The van der Waals surface area contributed by atoms with Gasteiger partial charge < -0.3 is 11.1 Å². The van der Waals surface area contributed by atoms with Crippen LogP contribution in [0.4, 0.5) is 5.69 Å². The van der Waals surface area contributed by atoms with Gasteiger partial charge in [-0.1, -0.05) is 12.2 Å². The van der Waals surface area contributed by atoms with Gasteiger partial charge in [-0.25, -0.2) is 0 Å². The molecule has 5 heteroatoms. The van der Waals surface area contributed by atoms with Gasteiger partial charge in [-0.2, -0.15) is 5.10 Å². The highest BCUT2D eigenvalue weighted by molar-refractivity contribution is 7.80. The molecule has 0 saturated heterocycles. The molecule has 2 aromatic rings. The van der Waals surface area contributed by atoms with E-state index >= 15 is 0 Å². The Morgan fingerprint density at radius 3 is 2.62 bits per heavy atom. The Kier molecular flexibility index (Phi) is 4.96. The number of hydrogen-bond acceptors (Lipinski definition) is 3. The predicted molar refractivity (Wildman–Crippen MR) is 91.9 cm³/mol. The van der Waals surface area contributed by atoms with Gasteiger partial charge in [0.05, 0.1) is 5.69 Å². The molecule has 21 heavy (non-hydrogen) atoms. The van der Waals surface area contributed by atoms with E-state index in [-0.39, 0.29) is 0 Å². The quantitative estimate of drug-likeness (QED) is 0.636. The third-order valence-electron chi connectivity index (χ3n) is 3.47. The van der Waals surface area contributed by atoms with Crippen LogP contribution < -0.4 is 11.1 Å². The molecule has 0 amide bonds. The summed E-state index contributed by atoms with van der Waals surface area (Å²) >= 11 is 5.02. The molecule has 0 saturated carbocycles. The molecule has 1 aromatic heterocycles. The van der Waals surface area contributed by atoms with Gasteiger partial charge in [0.2, 0.25) is 0 Å². The third-order valence-corrected chi connectivity index (χ3v) is 3.69. The van der Waals surface area contributed by atoms with E-state index in [4.69, 9.17) is 18.0 Å². The summed E-state index contributed by atoms with van der Waals surface area (Å²) in [6.07, 6.45) is 1.03. The normalized spacial score (nSPS) is 10.6. The van der Waals surface area contributed by atoms with Crippen molar-refractivity contribution < 1.29 is 0 Å². The van der Waals surface area contributed by atoms with Crippen LogP contribution in [0.25, 0.3) is 0 Å². The molecular formula is C16H22N4S. The molecule has 0 aliphatic carbocycles. The van der Waals surface area contributed by atoms with Crippen molar-refractivity contribution in [3.05, 3.63) is 46.8 Å². The maximum absolute atomic E-state index is 5.67. The van der Waals surface area contributed by atoms with E-state index in [9.17, 15) is 0 Å². The lowest BCUT2D eigenvalue weighted by atomic mass is 10.1. The molecule has 0 aliphatic rings. The Balaban J connectivity index is 1.85. The fourth-order valence-corrected chi connectivity index (χ4v) is 2.64. The zero-order chi connectivity index (χ0) is 15.4. The number of anilines is 1. The molecular weight excluding hydrogens is 280 g/mol. The highest BCUT2D eigenvalue weighted by atomic mass is 32.1. The number of aryl methyl sites for hydroxylation is 4. The summed E-state index contributed by atoms with van der Waals surface area (Å²) in [6.45, 7) is 7.97. The Morgan fingerprint density at radius 2 is 2.05 bits per heavy atom. The minimum atomic E-state index is 0.448. The van der Waals surface area contributed by atoms with Crippen molar-refractivity contribution in [3.8, 4) is 0 Å². The summed E-state index contributed by atoms with van der Waals surface area (Å²) in [5, 5.41) is 7.88. The molecule has 2 rings (SSSR count). The second kappa shape index (κ2) is 6.72. The summed E-state index contributed by atoms with van der Waals surface area (Å²) in [5.41, 5.74) is 11.1. The van der Waals surface area contributed by atoms with Crippen molar-refractivity contribution >= 4 is 22.9 Å². The Labute approximate surface area is 131 Å². The Morgan fingerprint density at radius 1 is 1.29 bits per heavy atom. The number of hydrogen-bond donors (Lipinski definition) is 2. The lowest BCUT2D eigenvalue weighted by Crippen LogP contribution is -2.12. The van der Waals surface area contributed by atoms with Gasteiger partial charge in [0, 0.05) is 30.0 Å². The average Bonchev–Trinajstić information content (AvgIpc) is 2.73. The monoisotopic (exact) mass is 302 g/mol. The topological polar surface area (TPSA) is 55.9 Å². The summed E-state index contributed by atoms with van der Waals surface area (Å²) in [6, 6.07) is 8.18. The largest absolute Gasteiger partial charge is 0.389 e. The molecule has 0 radical (unpaired) electrons. The molecule has 4 nitrogen and oxygen atoms in total.